The molecule has 6 heterocycles. The third kappa shape index (κ3) is 7.45. The van der Waals surface area contributed by atoms with Crippen molar-refractivity contribution >= 4 is 57.7 Å². The molecule has 286 valence electrons. The largest absolute Gasteiger partial charge is 0.490 e. The number of nitrogens with two attached hydrogens (primary N) is 2. The molecule has 0 aromatic carbocycles. The molecule has 12 N–H and O–H groups in total. The van der Waals surface area contributed by atoms with Gasteiger partial charge in [-0.15, -0.1) is 0 Å². The van der Waals surface area contributed by atoms with Gasteiger partial charge >= 0.3 is 29.0 Å². The summed E-state index contributed by atoms with van der Waals surface area (Å²) < 4.78 is 83.7. The molecule has 4 aromatic heterocycles. The van der Waals surface area contributed by atoms with Crippen molar-refractivity contribution in [1.82, 2.24) is 34.1 Å². The van der Waals surface area contributed by atoms with Gasteiger partial charge in [0.25, 0.3) is 16.7 Å². The number of rotatable bonds is 12. The molecule has 0 spiro atoms. The highest BCUT2D eigenvalue weighted by Gasteiger charge is 2.51. The Kier molecular flexibility index (Phi) is 10.1. The number of nitrogens with one attached hydrogen (secondary N) is 2. The predicted octanol–water partition coefficient (Wildman–Crippen LogP) is -3.57. The minimum atomic E-state index is -6.03. The van der Waals surface area contributed by atoms with E-state index in [4.69, 9.17) is 20.9 Å². The van der Waals surface area contributed by atoms with E-state index in [0.29, 0.717) is 0 Å². The first-order valence-electron chi connectivity index (χ1n) is 14.3. The first kappa shape index (κ1) is 38.2. The number of ether oxygens (including phenoxy) is 2. The van der Waals surface area contributed by atoms with Gasteiger partial charge in [0.1, 0.15) is 30.5 Å². The molecule has 31 heteroatoms. The number of phosphoric ester groups is 2. The molecule has 0 saturated carbocycles. The van der Waals surface area contributed by atoms with E-state index in [-0.39, 0.29) is 34.2 Å². The third-order valence-electron chi connectivity index (χ3n) is 7.64. The van der Waals surface area contributed by atoms with Crippen LogP contribution in [0.3, 0.4) is 0 Å². The average Bonchev–Trinajstić information content (AvgIpc) is 3.74. The number of nitrogen functional groups attached to an aromatic ring is 2. The Morgan fingerprint density at radius 1 is 0.846 bits per heavy atom. The number of aryl methyl sites for hydroxylation is 1. The lowest BCUT2D eigenvalue weighted by Gasteiger charge is -2.21. The SMILES string of the molecule is C[n+]1cn([C@@H]2O[C@H](COP(=O)(O)OP(=O)(O)OP(=O)(O)OC[C@H]3O[C@@H](n4cnc5c(=O)[nH]c(N)nc54)C(O)[C@H]3O)[C@H](O)C2F)c2nc(N)[nH]c(=O)c21. The first-order chi connectivity index (χ1) is 24.2. The summed E-state index contributed by atoms with van der Waals surface area (Å²) in [6, 6.07) is 0. The van der Waals surface area contributed by atoms with E-state index in [9.17, 15) is 53.3 Å². The second-order valence-electron chi connectivity index (χ2n) is 11.2. The van der Waals surface area contributed by atoms with E-state index in [1.165, 1.54) is 17.9 Å². The van der Waals surface area contributed by atoms with Crippen molar-refractivity contribution in [2.45, 2.75) is 49.1 Å². The van der Waals surface area contributed by atoms with Gasteiger partial charge in [-0.1, -0.05) is 0 Å². The molecular formula is C21H29FN10O17P3+. The smallest absolute Gasteiger partial charge is 0.387 e. The Balaban J connectivity index is 1.05. The van der Waals surface area contributed by atoms with E-state index in [2.05, 4.69) is 42.6 Å². The number of phosphoric acid groups is 3. The summed E-state index contributed by atoms with van der Waals surface area (Å²) in [5.74, 6) is -0.636. The van der Waals surface area contributed by atoms with Crippen LogP contribution in [0.25, 0.3) is 22.3 Å². The number of hydrogen-bond donors (Lipinski definition) is 10. The molecule has 2 aliphatic heterocycles. The van der Waals surface area contributed by atoms with Gasteiger partial charge in [-0.3, -0.25) is 33.2 Å². The Labute approximate surface area is 285 Å². The van der Waals surface area contributed by atoms with Crippen molar-refractivity contribution in [3.63, 3.8) is 0 Å². The summed E-state index contributed by atoms with van der Waals surface area (Å²) in [5.41, 5.74) is 9.15. The van der Waals surface area contributed by atoms with Crippen molar-refractivity contribution in [2.75, 3.05) is 24.7 Å². The number of aliphatic hydroxyl groups excluding tert-OH is 3. The zero-order valence-corrected chi connectivity index (χ0v) is 28.6. The van der Waals surface area contributed by atoms with Crippen LogP contribution in [-0.4, -0.2) is 114 Å². The number of fused-ring (bicyclic) bond motifs is 2. The van der Waals surface area contributed by atoms with Crippen molar-refractivity contribution in [3.8, 4) is 0 Å². The molecule has 2 fully saturated rings. The van der Waals surface area contributed by atoms with Crippen LogP contribution in [0.1, 0.15) is 12.5 Å². The highest BCUT2D eigenvalue weighted by Crippen LogP contribution is 2.67. The van der Waals surface area contributed by atoms with Gasteiger partial charge in [0.05, 0.1) is 26.6 Å². The lowest BCUT2D eigenvalue weighted by molar-refractivity contribution is -0.646. The Morgan fingerprint density at radius 3 is 2.00 bits per heavy atom. The van der Waals surface area contributed by atoms with Crippen LogP contribution in [0.2, 0.25) is 0 Å². The number of hydrogen-bond acceptors (Lipinski definition) is 19. The second kappa shape index (κ2) is 13.7. The summed E-state index contributed by atoms with van der Waals surface area (Å²) in [4.78, 5) is 70.4. The quantitative estimate of drug-likeness (QED) is 0.0489. The van der Waals surface area contributed by atoms with Crippen LogP contribution in [0.5, 0.6) is 0 Å². The van der Waals surface area contributed by atoms with Gasteiger partial charge < -0.3 is 50.9 Å². The average molecular weight is 805 g/mol. The Hall–Kier alpha value is -3.56. The fraction of sp³-hybridized carbons (Fsp3) is 0.524. The number of aromatic amines is 2. The van der Waals surface area contributed by atoms with Crippen molar-refractivity contribution in [2.24, 2.45) is 7.05 Å². The number of H-pyrrole nitrogens is 2. The van der Waals surface area contributed by atoms with Crippen LogP contribution in [0, 0.1) is 0 Å². The van der Waals surface area contributed by atoms with Crippen molar-refractivity contribution in [1.29, 1.82) is 0 Å². The zero-order chi connectivity index (χ0) is 38.1. The molecule has 0 bridgehead atoms. The maximum absolute atomic E-state index is 15.1. The highest BCUT2D eigenvalue weighted by molar-refractivity contribution is 7.66. The minimum Gasteiger partial charge on any atom is -0.387 e. The van der Waals surface area contributed by atoms with Crippen LogP contribution < -0.4 is 27.2 Å². The highest BCUT2D eigenvalue weighted by atomic mass is 31.3. The lowest BCUT2D eigenvalue weighted by atomic mass is 10.1. The van der Waals surface area contributed by atoms with Gasteiger partial charge in [-0.05, 0) is 0 Å². The first-order valence-corrected chi connectivity index (χ1v) is 18.8. The van der Waals surface area contributed by atoms with Crippen LogP contribution >= 0.6 is 23.5 Å². The van der Waals surface area contributed by atoms with Gasteiger partial charge in [-0.2, -0.15) is 23.2 Å². The van der Waals surface area contributed by atoms with E-state index in [1.807, 2.05) is 0 Å². The van der Waals surface area contributed by atoms with Gasteiger partial charge in [-0.25, -0.2) is 27.6 Å². The molecule has 5 unspecified atom stereocenters. The van der Waals surface area contributed by atoms with Crippen LogP contribution in [0.4, 0.5) is 16.3 Å². The molecule has 27 nitrogen and oxygen atoms in total. The number of aliphatic hydroxyl groups is 3. The molecule has 6 rings (SSSR count). The summed E-state index contributed by atoms with van der Waals surface area (Å²) in [7, 11) is -16.0. The molecule has 0 radical (unpaired) electrons. The maximum Gasteiger partial charge on any atom is 0.490 e. The van der Waals surface area contributed by atoms with Gasteiger partial charge in [0.2, 0.25) is 24.5 Å². The minimum absolute atomic E-state index is 0.0457. The summed E-state index contributed by atoms with van der Waals surface area (Å²) in [6.07, 6.45) is -12.2. The van der Waals surface area contributed by atoms with E-state index < -0.39 is 96.9 Å². The van der Waals surface area contributed by atoms with Crippen LogP contribution in [-0.2, 0) is 47.9 Å². The zero-order valence-electron chi connectivity index (χ0n) is 25.9. The van der Waals surface area contributed by atoms with Crippen molar-refractivity contribution in [3.05, 3.63) is 33.4 Å². The van der Waals surface area contributed by atoms with Crippen molar-refractivity contribution < 1.29 is 79.8 Å². The Morgan fingerprint density at radius 2 is 1.38 bits per heavy atom. The molecular weight excluding hydrogens is 776 g/mol. The molecule has 4 aromatic rings. The standard InChI is InChI=1S/C21H28FN10O17P3/c1-30-5-32(15-10(30)17(37)29-21(24)27-15)18-8(22)11(33)6(46-18)2-44-50(38,39)48-52(42,43)49-51(40,41)45-3-7-12(34)13(35)19(47-7)31-4-25-9-14(31)26-20(23)28-16(9)36/h4-8,11-13,18-19,33-35H,2-3H2,1H3,(H8-,23,24,26,27,28,29,36,37,38,39,40,41,42,43)/p+1/t6-,7-,8?,11+,12+,13?,18-,19-/m1/s1. The molecule has 0 amide bonds. The number of anilines is 2. The number of nitrogens with zero attached hydrogens (tertiary/aromatic N) is 6. The molecule has 0 aliphatic carbocycles. The predicted molar refractivity (Wildman–Crippen MR) is 163 cm³/mol. The summed E-state index contributed by atoms with van der Waals surface area (Å²) >= 11 is 0. The van der Waals surface area contributed by atoms with E-state index >= 15 is 4.39 Å². The number of alkyl halides is 1. The Bertz CT molecular complexity index is 2280. The normalized spacial score (nSPS) is 30.1. The molecule has 52 heavy (non-hydrogen) atoms. The molecule has 2 aliphatic rings. The van der Waals surface area contributed by atoms with E-state index in [0.717, 1.165) is 15.5 Å². The van der Waals surface area contributed by atoms with Gasteiger partial charge in [0.15, 0.2) is 23.6 Å². The maximum atomic E-state index is 15.1. The number of halogens is 1. The molecule has 11 atom stereocenters. The van der Waals surface area contributed by atoms with E-state index in [1.54, 1.807) is 0 Å². The fourth-order valence-electron chi connectivity index (χ4n) is 5.40. The lowest BCUT2D eigenvalue weighted by Crippen LogP contribution is -2.33. The fourth-order valence-corrected chi connectivity index (χ4v) is 8.93. The molecule has 2 saturated heterocycles. The van der Waals surface area contributed by atoms with Gasteiger partial charge in [0, 0.05) is 0 Å². The topological polar surface area (TPSA) is 398 Å². The van der Waals surface area contributed by atoms with Crippen LogP contribution in [0.15, 0.2) is 22.2 Å². The third-order valence-corrected chi connectivity index (χ3v) is 11.9. The number of aromatic nitrogens is 8. The summed E-state index contributed by atoms with van der Waals surface area (Å²) in [6.45, 7) is -2.27. The summed E-state index contributed by atoms with van der Waals surface area (Å²) in [5, 5.41) is 31.3. The second-order valence-corrected chi connectivity index (χ2v) is 15.9. The number of imidazole rings is 2. The monoisotopic (exact) mass is 805 g/mol.